The highest BCUT2D eigenvalue weighted by atomic mass is 32.2. The molecule has 34 heavy (non-hydrogen) atoms. The highest BCUT2D eigenvalue weighted by Gasteiger charge is 2.33. The van der Waals surface area contributed by atoms with Crippen molar-refractivity contribution in [2.24, 2.45) is 0 Å². The smallest absolute Gasteiger partial charge is 0.416 e. The largest absolute Gasteiger partial charge is 0.497 e. The van der Waals surface area contributed by atoms with Gasteiger partial charge in [-0.2, -0.15) is 13.2 Å². The summed E-state index contributed by atoms with van der Waals surface area (Å²) in [5, 5.41) is 0.813. The van der Waals surface area contributed by atoms with E-state index in [1.807, 2.05) is 12.1 Å². The van der Waals surface area contributed by atoms with Gasteiger partial charge in [0.25, 0.3) is 0 Å². The summed E-state index contributed by atoms with van der Waals surface area (Å²) < 4.78 is 50.4. The van der Waals surface area contributed by atoms with Crippen LogP contribution in [-0.4, -0.2) is 29.9 Å². The molecule has 1 fully saturated rings. The molecule has 4 rings (SSSR count). The predicted molar refractivity (Wildman–Crippen MR) is 129 cm³/mol. The molecule has 8 heteroatoms. The lowest BCUT2D eigenvalue weighted by atomic mass is 9.99. The van der Waals surface area contributed by atoms with Crippen LogP contribution < -0.4 is 4.74 Å². The first kappa shape index (κ1) is 24.5. The minimum absolute atomic E-state index is 0.220. The fraction of sp³-hybridized carbons (Fsp3) is 0.423. The number of hydrogen-bond acceptors (Lipinski definition) is 4. The molecule has 1 aliphatic rings. The Morgan fingerprint density at radius 3 is 2.44 bits per heavy atom. The van der Waals surface area contributed by atoms with Gasteiger partial charge in [-0.3, -0.25) is 0 Å². The molecule has 0 spiro atoms. The van der Waals surface area contributed by atoms with Gasteiger partial charge >= 0.3 is 12.1 Å². The standard InChI is InChI=1S/C26H28F3NO3S/c1-3-33-25(31)23-22(20-15-18(32-2)13-14-21(20)30-23)24(34-19-7-5-4-6-8-19)16-9-11-17(12-10-16)26(27,28)29/h9-15,19,24,30H,3-8H2,1-2H3/t24-/m1/s1. The molecule has 0 radical (unpaired) electrons. The lowest BCUT2D eigenvalue weighted by Crippen LogP contribution is -2.15. The first-order chi connectivity index (χ1) is 16.3. The van der Waals surface area contributed by atoms with Gasteiger partial charge in [0.15, 0.2) is 0 Å². The van der Waals surface area contributed by atoms with Gasteiger partial charge in [0.2, 0.25) is 0 Å². The molecule has 0 saturated heterocycles. The molecule has 4 nitrogen and oxygen atoms in total. The monoisotopic (exact) mass is 491 g/mol. The highest BCUT2D eigenvalue weighted by molar-refractivity contribution is 8.00. The van der Waals surface area contributed by atoms with E-state index in [9.17, 15) is 18.0 Å². The number of carbonyl (C=O) groups excluding carboxylic acids is 1. The van der Waals surface area contributed by atoms with Gasteiger partial charge in [0.1, 0.15) is 11.4 Å². The topological polar surface area (TPSA) is 51.3 Å². The van der Waals surface area contributed by atoms with Crippen LogP contribution >= 0.6 is 11.8 Å². The molecule has 0 amide bonds. The lowest BCUT2D eigenvalue weighted by Gasteiger charge is -2.27. The average molecular weight is 492 g/mol. The maximum absolute atomic E-state index is 13.2. The second-order valence-electron chi connectivity index (χ2n) is 8.44. The maximum Gasteiger partial charge on any atom is 0.416 e. The summed E-state index contributed by atoms with van der Waals surface area (Å²) in [6.07, 6.45) is 1.13. The number of ether oxygens (including phenoxy) is 2. The number of carbonyl (C=O) groups is 1. The number of thioether (sulfide) groups is 1. The summed E-state index contributed by atoms with van der Waals surface area (Å²) in [6, 6.07) is 10.8. The molecule has 2 aromatic carbocycles. The van der Waals surface area contributed by atoms with E-state index in [4.69, 9.17) is 9.47 Å². The molecular weight excluding hydrogens is 463 g/mol. The molecule has 1 atom stereocenters. The van der Waals surface area contributed by atoms with E-state index in [1.54, 1.807) is 31.9 Å². The van der Waals surface area contributed by atoms with Gasteiger partial charge in [-0.25, -0.2) is 4.79 Å². The number of nitrogens with one attached hydrogen (secondary N) is 1. The third-order valence-corrected chi connectivity index (χ3v) is 7.85. The van der Waals surface area contributed by atoms with Crippen LogP contribution in [0.1, 0.15) is 71.5 Å². The van der Waals surface area contributed by atoms with Gasteiger partial charge in [-0.05, 0) is 55.7 Å². The van der Waals surface area contributed by atoms with Crippen molar-refractivity contribution in [2.75, 3.05) is 13.7 Å². The summed E-state index contributed by atoms with van der Waals surface area (Å²) in [5.41, 5.74) is 1.84. The first-order valence-electron chi connectivity index (χ1n) is 11.5. The Morgan fingerprint density at radius 2 is 1.82 bits per heavy atom. The Bertz CT molecular complexity index is 1130. The van der Waals surface area contributed by atoms with Crippen LogP contribution in [0.15, 0.2) is 42.5 Å². The van der Waals surface area contributed by atoms with Gasteiger partial charge in [0.05, 0.1) is 24.5 Å². The Kier molecular flexibility index (Phi) is 7.45. The summed E-state index contributed by atoms with van der Waals surface area (Å²) >= 11 is 1.72. The predicted octanol–water partition coefficient (Wildman–Crippen LogP) is 7.53. The summed E-state index contributed by atoms with van der Waals surface area (Å²) in [5.74, 6) is 0.158. The Labute approximate surface area is 201 Å². The number of fused-ring (bicyclic) bond motifs is 1. The molecular formula is C26H28F3NO3S. The fourth-order valence-corrected chi connectivity index (χ4v) is 6.19. The van der Waals surface area contributed by atoms with Gasteiger partial charge < -0.3 is 14.5 Å². The molecule has 0 unspecified atom stereocenters. The second-order valence-corrected chi connectivity index (χ2v) is 9.85. The van der Waals surface area contributed by atoms with Crippen LogP contribution in [0.25, 0.3) is 10.9 Å². The van der Waals surface area contributed by atoms with Crippen molar-refractivity contribution in [3.8, 4) is 5.75 Å². The Morgan fingerprint density at radius 1 is 1.12 bits per heavy atom. The number of rotatable bonds is 7. The third-order valence-electron chi connectivity index (χ3n) is 6.21. The molecule has 0 aliphatic heterocycles. The Balaban J connectivity index is 1.87. The lowest BCUT2D eigenvalue weighted by molar-refractivity contribution is -0.137. The van der Waals surface area contributed by atoms with E-state index < -0.39 is 17.7 Å². The van der Waals surface area contributed by atoms with Crippen LogP contribution in [0.2, 0.25) is 0 Å². The summed E-state index contributed by atoms with van der Waals surface area (Å²) in [6.45, 7) is 1.96. The third kappa shape index (κ3) is 5.22. The molecule has 1 aliphatic carbocycles. The number of benzene rings is 2. The van der Waals surface area contributed by atoms with Crippen molar-refractivity contribution in [1.82, 2.24) is 4.98 Å². The zero-order chi connectivity index (χ0) is 24.3. The summed E-state index contributed by atoms with van der Waals surface area (Å²) in [4.78, 5) is 16.2. The van der Waals surface area contributed by atoms with Crippen LogP contribution in [0, 0.1) is 0 Å². The maximum atomic E-state index is 13.2. The quantitative estimate of drug-likeness (QED) is 0.347. The van der Waals surface area contributed by atoms with E-state index in [0.717, 1.165) is 59.8 Å². The van der Waals surface area contributed by atoms with Gasteiger partial charge in [-0.1, -0.05) is 31.4 Å². The van der Waals surface area contributed by atoms with Crippen molar-refractivity contribution < 1.29 is 27.4 Å². The number of alkyl halides is 3. The van der Waals surface area contributed by atoms with Crippen molar-refractivity contribution in [1.29, 1.82) is 0 Å². The van der Waals surface area contributed by atoms with Crippen molar-refractivity contribution >= 4 is 28.6 Å². The van der Waals surface area contributed by atoms with Gasteiger partial charge in [0, 0.05) is 21.7 Å². The van der Waals surface area contributed by atoms with Crippen LogP contribution in [-0.2, 0) is 10.9 Å². The van der Waals surface area contributed by atoms with Crippen molar-refractivity contribution in [3.63, 3.8) is 0 Å². The number of H-pyrrole nitrogens is 1. The van der Waals surface area contributed by atoms with E-state index in [0.29, 0.717) is 16.7 Å². The zero-order valence-electron chi connectivity index (χ0n) is 19.2. The van der Waals surface area contributed by atoms with E-state index in [1.165, 1.54) is 18.6 Å². The zero-order valence-corrected chi connectivity index (χ0v) is 20.0. The minimum atomic E-state index is -4.41. The molecule has 1 heterocycles. The molecule has 3 aromatic rings. The van der Waals surface area contributed by atoms with Crippen molar-refractivity contribution in [2.45, 2.75) is 55.7 Å². The van der Waals surface area contributed by atoms with E-state index in [2.05, 4.69) is 4.98 Å². The number of hydrogen-bond donors (Lipinski definition) is 1. The van der Waals surface area contributed by atoms with Gasteiger partial charge in [-0.15, -0.1) is 11.8 Å². The van der Waals surface area contributed by atoms with E-state index in [-0.39, 0.29) is 11.9 Å². The van der Waals surface area contributed by atoms with Crippen molar-refractivity contribution in [3.05, 3.63) is 64.8 Å². The average Bonchev–Trinajstić information content (AvgIpc) is 3.21. The SMILES string of the molecule is CCOC(=O)c1[nH]c2ccc(OC)cc2c1[C@H](SC1CCCCC1)c1ccc(C(F)(F)F)cc1. The molecule has 182 valence electrons. The molecule has 1 aromatic heterocycles. The molecule has 0 bridgehead atoms. The molecule has 1 saturated carbocycles. The number of aromatic nitrogens is 1. The number of esters is 1. The highest BCUT2D eigenvalue weighted by Crippen LogP contribution is 2.47. The fourth-order valence-electron chi connectivity index (χ4n) is 4.51. The number of methoxy groups -OCH3 is 1. The summed E-state index contributed by atoms with van der Waals surface area (Å²) in [7, 11) is 1.57. The van der Waals surface area contributed by atoms with E-state index >= 15 is 0 Å². The number of aromatic amines is 1. The molecule has 1 N–H and O–H groups in total. The normalized spacial score (nSPS) is 15.9. The van der Waals surface area contributed by atoms with Crippen LogP contribution in [0.3, 0.4) is 0 Å². The minimum Gasteiger partial charge on any atom is -0.497 e. The first-order valence-corrected chi connectivity index (χ1v) is 12.5. The number of halogens is 3. The Hall–Kier alpha value is -2.61. The van der Waals surface area contributed by atoms with Crippen LogP contribution in [0.5, 0.6) is 5.75 Å². The second kappa shape index (κ2) is 10.3. The van der Waals surface area contributed by atoms with Crippen LogP contribution in [0.4, 0.5) is 13.2 Å².